The normalized spacial score (nSPS) is 10.3. The Morgan fingerprint density at radius 2 is 1.80 bits per heavy atom. The van der Waals surface area contributed by atoms with E-state index in [0.29, 0.717) is 5.15 Å². The van der Waals surface area contributed by atoms with Crippen molar-refractivity contribution in [1.29, 1.82) is 0 Å². The number of aromatic nitrogens is 1. The van der Waals surface area contributed by atoms with Gasteiger partial charge in [-0.05, 0) is 30.3 Å². The van der Waals surface area contributed by atoms with E-state index in [2.05, 4.69) is 4.98 Å². The fourth-order valence-electron chi connectivity index (χ4n) is 1.11. The first-order valence-electron chi connectivity index (χ1n) is 4.29. The Labute approximate surface area is 102 Å². The number of halogens is 2. The Hall–Kier alpha value is -0.700. The van der Waals surface area contributed by atoms with E-state index in [1.165, 1.54) is 0 Å². The van der Waals surface area contributed by atoms with Gasteiger partial charge in [0.05, 0.1) is 0 Å². The van der Waals surface area contributed by atoms with Crippen LogP contribution in [0.2, 0.25) is 10.2 Å². The highest BCUT2D eigenvalue weighted by molar-refractivity contribution is 7.99. The molecule has 0 amide bonds. The van der Waals surface area contributed by atoms with Crippen molar-refractivity contribution in [3.05, 3.63) is 52.8 Å². The zero-order valence-electron chi connectivity index (χ0n) is 7.65. The van der Waals surface area contributed by atoms with Crippen LogP contribution in [0.3, 0.4) is 0 Å². The van der Waals surface area contributed by atoms with E-state index in [1.54, 1.807) is 18.0 Å². The third kappa shape index (κ3) is 3.13. The van der Waals surface area contributed by atoms with Crippen LogP contribution in [-0.4, -0.2) is 4.98 Å². The SMILES string of the molecule is Clc1cccc(Sc2ccnc(Cl)c2)c1. The zero-order chi connectivity index (χ0) is 10.7. The molecule has 2 aromatic rings. The standard InChI is InChI=1S/C11H7Cl2NS/c12-8-2-1-3-9(6-8)15-10-4-5-14-11(13)7-10/h1-7H. The molecule has 0 N–H and O–H groups in total. The number of hydrogen-bond acceptors (Lipinski definition) is 2. The van der Waals surface area contributed by atoms with Crippen LogP contribution in [0.15, 0.2) is 52.4 Å². The quantitative estimate of drug-likeness (QED) is 0.731. The molecule has 0 saturated carbocycles. The molecule has 0 aliphatic rings. The van der Waals surface area contributed by atoms with Gasteiger partial charge in [-0.15, -0.1) is 0 Å². The van der Waals surface area contributed by atoms with E-state index in [0.717, 1.165) is 14.8 Å². The highest BCUT2D eigenvalue weighted by Crippen LogP contribution is 2.29. The highest BCUT2D eigenvalue weighted by Gasteiger charge is 1.99. The van der Waals surface area contributed by atoms with Gasteiger partial charge in [-0.3, -0.25) is 0 Å². The van der Waals surface area contributed by atoms with Gasteiger partial charge in [0, 0.05) is 21.0 Å². The Morgan fingerprint density at radius 1 is 1.00 bits per heavy atom. The fraction of sp³-hybridized carbons (Fsp3) is 0. The summed E-state index contributed by atoms with van der Waals surface area (Å²) in [6, 6.07) is 11.4. The summed E-state index contributed by atoms with van der Waals surface area (Å²) in [7, 11) is 0. The smallest absolute Gasteiger partial charge is 0.130 e. The average Bonchev–Trinajstić information content (AvgIpc) is 2.17. The number of hydrogen-bond donors (Lipinski definition) is 0. The lowest BCUT2D eigenvalue weighted by atomic mass is 10.4. The summed E-state index contributed by atoms with van der Waals surface area (Å²) < 4.78 is 0. The van der Waals surface area contributed by atoms with Gasteiger partial charge in [-0.25, -0.2) is 4.98 Å². The van der Waals surface area contributed by atoms with Crippen molar-refractivity contribution >= 4 is 35.0 Å². The molecule has 0 atom stereocenters. The van der Waals surface area contributed by atoms with Crippen LogP contribution >= 0.6 is 35.0 Å². The lowest BCUT2D eigenvalue weighted by Crippen LogP contribution is -1.76. The first-order valence-corrected chi connectivity index (χ1v) is 5.86. The Kier molecular flexibility index (Phi) is 3.52. The molecule has 15 heavy (non-hydrogen) atoms. The van der Waals surface area contributed by atoms with Gasteiger partial charge >= 0.3 is 0 Å². The van der Waals surface area contributed by atoms with Crippen LogP contribution < -0.4 is 0 Å². The maximum Gasteiger partial charge on any atom is 0.130 e. The Balaban J connectivity index is 2.22. The molecular weight excluding hydrogens is 249 g/mol. The topological polar surface area (TPSA) is 12.9 Å². The van der Waals surface area contributed by atoms with Gasteiger partial charge in [0.25, 0.3) is 0 Å². The molecule has 1 heterocycles. The van der Waals surface area contributed by atoms with Crippen LogP contribution in [0.1, 0.15) is 0 Å². The first kappa shape index (κ1) is 10.8. The summed E-state index contributed by atoms with van der Waals surface area (Å²) in [4.78, 5) is 6.07. The molecule has 0 saturated heterocycles. The monoisotopic (exact) mass is 255 g/mol. The molecule has 0 spiro atoms. The summed E-state index contributed by atoms with van der Waals surface area (Å²) >= 11 is 13.3. The summed E-state index contributed by atoms with van der Waals surface area (Å²) in [5.41, 5.74) is 0. The second kappa shape index (κ2) is 4.88. The number of benzene rings is 1. The summed E-state index contributed by atoms with van der Waals surface area (Å²) in [6.07, 6.45) is 1.69. The van der Waals surface area contributed by atoms with Gasteiger partial charge < -0.3 is 0 Å². The van der Waals surface area contributed by atoms with Gasteiger partial charge in [0.1, 0.15) is 5.15 Å². The first-order chi connectivity index (χ1) is 7.24. The van der Waals surface area contributed by atoms with Gasteiger partial charge in [0.2, 0.25) is 0 Å². The molecule has 0 unspecified atom stereocenters. The van der Waals surface area contributed by atoms with Crippen LogP contribution in [0.25, 0.3) is 0 Å². The number of nitrogens with zero attached hydrogens (tertiary/aromatic N) is 1. The summed E-state index contributed by atoms with van der Waals surface area (Å²) in [5, 5.41) is 1.24. The van der Waals surface area contributed by atoms with Crippen molar-refractivity contribution in [2.45, 2.75) is 9.79 Å². The molecule has 2 rings (SSSR count). The molecule has 0 fully saturated rings. The molecule has 1 nitrogen and oxygen atoms in total. The van der Waals surface area contributed by atoms with E-state index < -0.39 is 0 Å². The Bertz CT molecular complexity index is 430. The van der Waals surface area contributed by atoms with E-state index >= 15 is 0 Å². The van der Waals surface area contributed by atoms with Crippen molar-refractivity contribution < 1.29 is 0 Å². The molecule has 1 aromatic heterocycles. The minimum Gasteiger partial charge on any atom is -0.244 e. The Morgan fingerprint density at radius 3 is 2.53 bits per heavy atom. The maximum absolute atomic E-state index is 5.89. The third-order valence-electron chi connectivity index (χ3n) is 1.73. The van der Waals surface area contributed by atoms with Gasteiger partial charge in [-0.1, -0.05) is 41.0 Å². The molecule has 0 aliphatic carbocycles. The van der Waals surface area contributed by atoms with E-state index in [1.807, 2.05) is 36.4 Å². The number of pyridine rings is 1. The largest absolute Gasteiger partial charge is 0.244 e. The van der Waals surface area contributed by atoms with Crippen molar-refractivity contribution in [3.63, 3.8) is 0 Å². The molecule has 1 aromatic carbocycles. The van der Waals surface area contributed by atoms with Crippen LogP contribution in [0.4, 0.5) is 0 Å². The lowest BCUT2D eigenvalue weighted by molar-refractivity contribution is 1.26. The summed E-state index contributed by atoms with van der Waals surface area (Å²) in [5.74, 6) is 0. The third-order valence-corrected chi connectivity index (χ3v) is 3.15. The van der Waals surface area contributed by atoms with E-state index in [9.17, 15) is 0 Å². The molecule has 4 heteroatoms. The van der Waals surface area contributed by atoms with Crippen LogP contribution in [-0.2, 0) is 0 Å². The summed E-state index contributed by atoms with van der Waals surface area (Å²) in [6.45, 7) is 0. The van der Waals surface area contributed by atoms with Gasteiger partial charge in [-0.2, -0.15) is 0 Å². The van der Waals surface area contributed by atoms with Crippen molar-refractivity contribution in [3.8, 4) is 0 Å². The van der Waals surface area contributed by atoms with E-state index in [-0.39, 0.29) is 0 Å². The molecular formula is C11H7Cl2NS. The van der Waals surface area contributed by atoms with Crippen LogP contribution in [0, 0.1) is 0 Å². The minimum absolute atomic E-state index is 0.502. The maximum atomic E-state index is 5.89. The predicted octanol–water partition coefficient (Wildman–Crippen LogP) is 4.54. The lowest BCUT2D eigenvalue weighted by Gasteiger charge is -2.01. The zero-order valence-corrected chi connectivity index (χ0v) is 9.98. The number of rotatable bonds is 2. The van der Waals surface area contributed by atoms with Crippen molar-refractivity contribution in [1.82, 2.24) is 4.98 Å². The molecule has 0 radical (unpaired) electrons. The molecule has 0 aliphatic heterocycles. The highest BCUT2D eigenvalue weighted by atomic mass is 35.5. The molecule has 76 valence electrons. The minimum atomic E-state index is 0.502. The van der Waals surface area contributed by atoms with Crippen molar-refractivity contribution in [2.75, 3.05) is 0 Å². The fourth-order valence-corrected chi connectivity index (χ4v) is 2.51. The second-order valence-electron chi connectivity index (χ2n) is 2.87. The average molecular weight is 256 g/mol. The van der Waals surface area contributed by atoms with Crippen LogP contribution in [0.5, 0.6) is 0 Å². The molecule has 0 bridgehead atoms. The van der Waals surface area contributed by atoms with Crippen molar-refractivity contribution in [2.24, 2.45) is 0 Å². The predicted molar refractivity (Wildman–Crippen MR) is 64.8 cm³/mol. The van der Waals surface area contributed by atoms with E-state index in [4.69, 9.17) is 23.2 Å². The second-order valence-corrected chi connectivity index (χ2v) is 4.84. The van der Waals surface area contributed by atoms with Gasteiger partial charge in [0.15, 0.2) is 0 Å².